The fourth-order valence-corrected chi connectivity index (χ4v) is 3.85. The molecule has 0 unspecified atom stereocenters. The molecule has 2 aromatic carbocycles. The Bertz CT molecular complexity index is 1330. The minimum atomic E-state index is -0.383. The van der Waals surface area contributed by atoms with Crippen molar-refractivity contribution in [2.75, 3.05) is 12.4 Å². The van der Waals surface area contributed by atoms with Crippen molar-refractivity contribution in [2.24, 2.45) is 0 Å². The molecular formula is C24H24ClN5O2. The van der Waals surface area contributed by atoms with E-state index in [1.54, 1.807) is 11.6 Å². The Balaban J connectivity index is 1.81. The predicted octanol–water partition coefficient (Wildman–Crippen LogP) is 5.45. The lowest BCUT2D eigenvalue weighted by Crippen LogP contribution is -2.19. The van der Waals surface area contributed by atoms with E-state index in [1.165, 1.54) is 0 Å². The fraction of sp³-hybridized carbons (Fsp3) is 0.250. The highest BCUT2D eigenvalue weighted by Crippen LogP contribution is 2.34. The second kappa shape index (κ2) is 8.59. The van der Waals surface area contributed by atoms with Crippen LogP contribution in [0, 0.1) is 13.8 Å². The van der Waals surface area contributed by atoms with Crippen molar-refractivity contribution in [3.63, 3.8) is 0 Å². The number of aromatic nitrogens is 4. The number of hydrogen-bond donors (Lipinski definition) is 1. The van der Waals surface area contributed by atoms with Crippen molar-refractivity contribution < 1.29 is 9.53 Å². The number of anilines is 1. The number of hydrogen-bond acceptors (Lipinski definition) is 5. The average molecular weight is 450 g/mol. The van der Waals surface area contributed by atoms with Gasteiger partial charge in [-0.3, -0.25) is 4.79 Å². The number of rotatable bonds is 5. The van der Waals surface area contributed by atoms with Gasteiger partial charge in [0.05, 0.1) is 29.7 Å². The monoisotopic (exact) mass is 449 g/mol. The van der Waals surface area contributed by atoms with Crippen molar-refractivity contribution in [1.29, 1.82) is 0 Å². The van der Waals surface area contributed by atoms with Crippen LogP contribution < -0.4 is 10.1 Å². The van der Waals surface area contributed by atoms with Crippen LogP contribution in [0.1, 0.15) is 47.2 Å². The third kappa shape index (κ3) is 3.91. The number of nitrogens with zero attached hydrogens (tertiary/aromatic N) is 4. The van der Waals surface area contributed by atoms with Crippen molar-refractivity contribution in [3.8, 4) is 16.9 Å². The Hall–Kier alpha value is -3.45. The van der Waals surface area contributed by atoms with Crippen LogP contribution in [0.25, 0.3) is 16.8 Å². The molecule has 4 aromatic rings. The Morgan fingerprint density at radius 2 is 1.91 bits per heavy atom. The minimum Gasteiger partial charge on any atom is -0.495 e. The maximum Gasteiger partial charge on any atom is 0.278 e. The third-order valence-electron chi connectivity index (χ3n) is 5.27. The number of carbonyl (C=O) groups is 1. The van der Waals surface area contributed by atoms with Crippen LogP contribution in [0.15, 0.2) is 42.5 Å². The molecule has 4 rings (SSSR count). The summed E-state index contributed by atoms with van der Waals surface area (Å²) in [5, 5.41) is 16.9. The molecule has 0 aliphatic rings. The van der Waals surface area contributed by atoms with Gasteiger partial charge in [0.1, 0.15) is 5.75 Å². The molecule has 0 bridgehead atoms. The standard InChI is InChI=1S/C24H24ClN5O2/c1-13(2)21-20(16-7-6-8-17(25)12-16)23-28-27-22(15(4)30(23)29-21)24(31)26-18-11-14(3)9-10-19(18)32-5/h6-13H,1-5H3,(H,26,31). The molecule has 1 amide bonds. The average Bonchev–Trinajstić information content (AvgIpc) is 3.15. The molecule has 0 saturated heterocycles. The van der Waals surface area contributed by atoms with Crippen molar-refractivity contribution in [2.45, 2.75) is 33.6 Å². The molecule has 0 aliphatic heterocycles. The molecule has 7 nitrogen and oxygen atoms in total. The molecule has 0 atom stereocenters. The summed E-state index contributed by atoms with van der Waals surface area (Å²) in [4.78, 5) is 13.1. The van der Waals surface area contributed by atoms with Gasteiger partial charge in [0.15, 0.2) is 11.3 Å². The van der Waals surface area contributed by atoms with E-state index in [0.29, 0.717) is 27.8 Å². The van der Waals surface area contributed by atoms with Crippen LogP contribution in [-0.2, 0) is 0 Å². The van der Waals surface area contributed by atoms with Crippen LogP contribution in [0.4, 0.5) is 5.69 Å². The topological polar surface area (TPSA) is 81.4 Å². The maximum absolute atomic E-state index is 13.1. The van der Waals surface area contributed by atoms with Crippen LogP contribution in [0.2, 0.25) is 5.02 Å². The van der Waals surface area contributed by atoms with Gasteiger partial charge in [0.2, 0.25) is 0 Å². The Kier molecular flexibility index (Phi) is 5.84. The first-order valence-corrected chi connectivity index (χ1v) is 10.7. The number of benzene rings is 2. The molecular weight excluding hydrogens is 426 g/mol. The largest absolute Gasteiger partial charge is 0.495 e. The smallest absolute Gasteiger partial charge is 0.278 e. The molecule has 0 aliphatic carbocycles. The molecule has 2 heterocycles. The Morgan fingerprint density at radius 1 is 1.12 bits per heavy atom. The summed E-state index contributed by atoms with van der Waals surface area (Å²) in [6.45, 7) is 7.89. The van der Waals surface area contributed by atoms with Gasteiger partial charge in [-0.1, -0.05) is 43.6 Å². The molecule has 164 valence electrons. The first kappa shape index (κ1) is 21.8. The lowest BCUT2D eigenvalue weighted by molar-refractivity contribution is 0.101. The van der Waals surface area contributed by atoms with Gasteiger partial charge in [0, 0.05) is 5.02 Å². The lowest BCUT2D eigenvalue weighted by Gasteiger charge is -2.11. The molecule has 0 saturated carbocycles. The highest BCUT2D eigenvalue weighted by atomic mass is 35.5. The van der Waals surface area contributed by atoms with E-state index < -0.39 is 0 Å². The number of methoxy groups -OCH3 is 1. The summed E-state index contributed by atoms with van der Waals surface area (Å²) in [5.41, 5.74) is 5.57. The van der Waals surface area contributed by atoms with E-state index in [-0.39, 0.29) is 17.5 Å². The number of fused-ring (bicyclic) bond motifs is 1. The zero-order valence-electron chi connectivity index (χ0n) is 18.6. The van der Waals surface area contributed by atoms with Crippen LogP contribution in [0.5, 0.6) is 5.75 Å². The highest BCUT2D eigenvalue weighted by Gasteiger charge is 2.23. The van der Waals surface area contributed by atoms with Crippen LogP contribution in [-0.4, -0.2) is 32.8 Å². The van der Waals surface area contributed by atoms with E-state index in [9.17, 15) is 4.79 Å². The number of amides is 1. The number of ether oxygens (including phenoxy) is 1. The molecule has 8 heteroatoms. The number of carbonyl (C=O) groups excluding carboxylic acids is 1. The van der Waals surface area contributed by atoms with Crippen LogP contribution in [0.3, 0.4) is 0 Å². The Labute approximate surface area is 191 Å². The summed E-state index contributed by atoms with van der Waals surface area (Å²) >= 11 is 6.23. The zero-order chi connectivity index (χ0) is 23.0. The fourth-order valence-electron chi connectivity index (χ4n) is 3.66. The molecule has 2 aromatic heterocycles. The number of aryl methyl sites for hydroxylation is 2. The van der Waals surface area contributed by atoms with Crippen molar-refractivity contribution in [1.82, 2.24) is 19.8 Å². The van der Waals surface area contributed by atoms with Crippen molar-refractivity contribution >= 4 is 28.8 Å². The first-order valence-electron chi connectivity index (χ1n) is 10.3. The molecule has 0 radical (unpaired) electrons. The minimum absolute atomic E-state index is 0.138. The summed E-state index contributed by atoms with van der Waals surface area (Å²) < 4.78 is 7.04. The predicted molar refractivity (Wildman–Crippen MR) is 126 cm³/mol. The number of halogens is 1. The van der Waals surface area contributed by atoms with E-state index in [4.69, 9.17) is 21.4 Å². The Morgan fingerprint density at radius 3 is 2.59 bits per heavy atom. The molecule has 1 N–H and O–H groups in total. The lowest BCUT2D eigenvalue weighted by atomic mass is 9.99. The number of nitrogens with one attached hydrogen (secondary N) is 1. The third-order valence-corrected chi connectivity index (χ3v) is 5.51. The SMILES string of the molecule is COc1ccc(C)cc1NC(=O)c1nnc2c(-c3cccc(Cl)c3)c(C(C)C)nn2c1C. The van der Waals surface area contributed by atoms with Gasteiger partial charge in [-0.25, -0.2) is 4.52 Å². The van der Waals surface area contributed by atoms with Gasteiger partial charge in [-0.15, -0.1) is 10.2 Å². The second-order valence-electron chi connectivity index (χ2n) is 7.95. The van der Waals surface area contributed by atoms with E-state index in [1.807, 2.05) is 56.3 Å². The van der Waals surface area contributed by atoms with Gasteiger partial charge in [0.25, 0.3) is 5.91 Å². The summed E-state index contributed by atoms with van der Waals surface area (Å²) in [5.74, 6) is 0.325. The summed E-state index contributed by atoms with van der Waals surface area (Å²) in [6, 6.07) is 13.1. The normalized spacial score (nSPS) is 11.2. The molecule has 0 spiro atoms. The van der Waals surface area contributed by atoms with Gasteiger partial charge < -0.3 is 10.1 Å². The van der Waals surface area contributed by atoms with E-state index in [0.717, 1.165) is 22.4 Å². The summed E-state index contributed by atoms with van der Waals surface area (Å²) in [6.07, 6.45) is 0. The highest BCUT2D eigenvalue weighted by molar-refractivity contribution is 6.30. The molecule has 32 heavy (non-hydrogen) atoms. The van der Waals surface area contributed by atoms with Gasteiger partial charge in [-0.05, 0) is 55.2 Å². The van der Waals surface area contributed by atoms with Gasteiger partial charge >= 0.3 is 0 Å². The van der Waals surface area contributed by atoms with E-state index in [2.05, 4.69) is 29.4 Å². The van der Waals surface area contributed by atoms with Crippen LogP contribution >= 0.6 is 11.6 Å². The zero-order valence-corrected chi connectivity index (χ0v) is 19.4. The van der Waals surface area contributed by atoms with Gasteiger partial charge in [-0.2, -0.15) is 5.10 Å². The maximum atomic E-state index is 13.1. The van der Waals surface area contributed by atoms with E-state index >= 15 is 0 Å². The van der Waals surface area contributed by atoms with Crippen molar-refractivity contribution in [3.05, 3.63) is 70.1 Å². The second-order valence-corrected chi connectivity index (χ2v) is 8.39. The first-order chi connectivity index (χ1) is 15.3. The quantitative estimate of drug-likeness (QED) is 0.438. The summed E-state index contributed by atoms with van der Waals surface area (Å²) in [7, 11) is 1.56. The molecule has 0 fully saturated rings.